The first-order valence-corrected chi connectivity index (χ1v) is 4.84. The summed E-state index contributed by atoms with van der Waals surface area (Å²) in [5.41, 5.74) is 0. The summed E-state index contributed by atoms with van der Waals surface area (Å²) in [6.45, 7) is 5.80. The van der Waals surface area contributed by atoms with Crippen LogP contribution in [0.25, 0.3) is 0 Å². The van der Waals surface area contributed by atoms with Crippen LogP contribution in [0.5, 0.6) is 0 Å². The molecule has 2 nitrogen and oxygen atoms in total. The van der Waals surface area contributed by atoms with Crippen molar-refractivity contribution in [1.29, 1.82) is 0 Å². The van der Waals surface area contributed by atoms with Gasteiger partial charge in [-0.3, -0.25) is 0 Å². The summed E-state index contributed by atoms with van der Waals surface area (Å²) in [7, 11) is 1.65. The Balaban J connectivity index is 2.82. The van der Waals surface area contributed by atoms with E-state index in [0.29, 0.717) is 6.79 Å². The lowest BCUT2D eigenvalue weighted by Crippen LogP contribution is -1.98. The molecule has 0 atom stereocenters. The highest BCUT2D eigenvalue weighted by atomic mass is 16.7. The van der Waals surface area contributed by atoms with E-state index in [4.69, 9.17) is 9.47 Å². The predicted octanol–water partition coefficient (Wildman–Crippen LogP) is 2.82. The Morgan fingerprint density at radius 3 is 2.42 bits per heavy atom. The van der Waals surface area contributed by atoms with Crippen molar-refractivity contribution in [3.05, 3.63) is 0 Å². The zero-order chi connectivity index (χ0) is 9.23. The van der Waals surface area contributed by atoms with Gasteiger partial charge in [-0.1, -0.05) is 33.1 Å². The van der Waals surface area contributed by atoms with Gasteiger partial charge in [0.05, 0.1) is 0 Å². The Morgan fingerprint density at radius 2 is 1.83 bits per heavy atom. The molecule has 0 amide bonds. The predicted molar refractivity (Wildman–Crippen MR) is 51.1 cm³/mol. The monoisotopic (exact) mass is 174 g/mol. The molecular formula is C10H22O2. The molecule has 12 heavy (non-hydrogen) atoms. The first-order valence-electron chi connectivity index (χ1n) is 4.84. The van der Waals surface area contributed by atoms with Gasteiger partial charge in [0.2, 0.25) is 0 Å². The fraction of sp³-hybridized carbons (Fsp3) is 1.00. The topological polar surface area (TPSA) is 18.5 Å². The van der Waals surface area contributed by atoms with E-state index >= 15 is 0 Å². The molecule has 0 aliphatic carbocycles. The minimum atomic E-state index is 0.435. The van der Waals surface area contributed by atoms with Crippen molar-refractivity contribution in [2.75, 3.05) is 20.5 Å². The van der Waals surface area contributed by atoms with Gasteiger partial charge in [0.15, 0.2) is 0 Å². The summed E-state index contributed by atoms with van der Waals surface area (Å²) in [5, 5.41) is 0. The van der Waals surface area contributed by atoms with Crippen molar-refractivity contribution in [2.45, 2.75) is 39.5 Å². The normalized spacial score (nSPS) is 11.0. The molecule has 0 saturated heterocycles. The highest BCUT2D eigenvalue weighted by Crippen LogP contribution is 2.07. The molecule has 0 rings (SSSR count). The van der Waals surface area contributed by atoms with E-state index in [1.54, 1.807) is 7.11 Å². The summed E-state index contributed by atoms with van der Waals surface area (Å²) in [4.78, 5) is 0. The van der Waals surface area contributed by atoms with Crippen LogP contribution in [-0.4, -0.2) is 20.5 Å². The van der Waals surface area contributed by atoms with Crippen molar-refractivity contribution in [2.24, 2.45) is 5.92 Å². The first kappa shape index (κ1) is 11.9. The molecule has 0 spiro atoms. The summed E-state index contributed by atoms with van der Waals surface area (Å²) >= 11 is 0. The van der Waals surface area contributed by atoms with Crippen LogP contribution in [0.3, 0.4) is 0 Å². The fourth-order valence-electron chi connectivity index (χ4n) is 1.08. The Morgan fingerprint density at radius 1 is 1.08 bits per heavy atom. The van der Waals surface area contributed by atoms with Crippen molar-refractivity contribution >= 4 is 0 Å². The van der Waals surface area contributed by atoms with Crippen molar-refractivity contribution in [3.8, 4) is 0 Å². The van der Waals surface area contributed by atoms with E-state index in [0.717, 1.165) is 18.9 Å². The molecule has 2 heteroatoms. The van der Waals surface area contributed by atoms with Crippen LogP contribution >= 0.6 is 0 Å². The molecule has 0 aliphatic heterocycles. The molecule has 0 heterocycles. The lowest BCUT2D eigenvalue weighted by Gasteiger charge is -2.04. The van der Waals surface area contributed by atoms with Crippen molar-refractivity contribution < 1.29 is 9.47 Å². The smallest absolute Gasteiger partial charge is 0.146 e. The van der Waals surface area contributed by atoms with Gasteiger partial charge in [0.25, 0.3) is 0 Å². The number of unbranched alkanes of at least 4 members (excludes halogenated alkanes) is 2. The average Bonchev–Trinajstić information content (AvgIpc) is 2.02. The minimum Gasteiger partial charge on any atom is -0.359 e. The number of rotatable bonds is 8. The van der Waals surface area contributed by atoms with Gasteiger partial charge in [0, 0.05) is 13.7 Å². The second-order valence-electron chi connectivity index (χ2n) is 3.56. The summed E-state index contributed by atoms with van der Waals surface area (Å²) in [6.07, 6.45) is 5.11. The largest absolute Gasteiger partial charge is 0.359 e. The lowest BCUT2D eigenvalue weighted by atomic mass is 10.1. The van der Waals surface area contributed by atoms with Gasteiger partial charge in [-0.05, 0) is 12.3 Å². The SMILES string of the molecule is COCOCCCCCC(C)C. The average molecular weight is 174 g/mol. The molecule has 0 N–H and O–H groups in total. The fourth-order valence-corrected chi connectivity index (χ4v) is 1.08. The third-order valence-corrected chi connectivity index (χ3v) is 1.77. The molecule has 0 fully saturated rings. The third-order valence-electron chi connectivity index (χ3n) is 1.77. The Kier molecular flexibility index (Phi) is 8.95. The van der Waals surface area contributed by atoms with Crippen LogP contribution in [0.1, 0.15) is 39.5 Å². The number of ether oxygens (including phenoxy) is 2. The van der Waals surface area contributed by atoms with Crippen LogP contribution in [0, 0.1) is 5.92 Å². The maximum Gasteiger partial charge on any atom is 0.146 e. The molecule has 0 aliphatic rings. The quantitative estimate of drug-likeness (QED) is 0.416. The zero-order valence-corrected chi connectivity index (χ0v) is 8.64. The van der Waals surface area contributed by atoms with E-state index in [9.17, 15) is 0 Å². The van der Waals surface area contributed by atoms with E-state index in [1.807, 2.05) is 0 Å². The Hall–Kier alpha value is -0.0800. The Labute approximate surface area is 76.3 Å². The van der Waals surface area contributed by atoms with E-state index in [2.05, 4.69) is 13.8 Å². The maximum atomic E-state index is 5.17. The maximum absolute atomic E-state index is 5.17. The molecule has 0 aromatic carbocycles. The molecule has 0 radical (unpaired) electrons. The van der Waals surface area contributed by atoms with E-state index < -0.39 is 0 Å². The number of hydrogen-bond acceptors (Lipinski definition) is 2. The number of methoxy groups -OCH3 is 1. The molecule has 0 unspecified atom stereocenters. The summed E-state index contributed by atoms with van der Waals surface area (Å²) in [5.74, 6) is 0.838. The summed E-state index contributed by atoms with van der Waals surface area (Å²) < 4.78 is 9.93. The molecular weight excluding hydrogens is 152 g/mol. The van der Waals surface area contributed by atoms with Gasteiger partial charge in [-0.25, -0.2) is 0 Å². The van der Waals surface area contributed by atoms with Gasteiger partial charge in [-0.15, -0.1) is 0 Å². The van der Waals surface area contributed by atoms with Crippen molar-refractivity contribution in [3.63, 3.8) is 0 Å². The van der Waals surface area contributed by atoms with E-state index in [-0.39, 0.29) is 0 Å². The van der Waals surface area contributed by atoms with Gasteiger partial charge in [-0.2, -0.15) is 0 Å². The standard InChI is InChI=1S/C10H22O2/c1-10(2)7-5-4-6-8-12-9-11-3/h10H,4-9H2,1-3H3. The second-order valence-corrected chi connectivity index (χ2v) is 3.56. The molecule has 0 bridgehead atoms. The van der Waals surface area contributed by atoms with Gasteiger partial charge >= 0.3 is 0 Å². The zero-order valence-electron chi connectivity index (χ0n) is 8.64. The first-order chi connectivity index (χ1) is 5.77. The third kappa shape index (κ3) is 9.92. The summed E-state index contributed by atoms with van der Waals surface area (Å²) in [6, 6.07) is 0. The van der Waals surface area contributed by atoms with E-state index in [1.165, 1.54) is 19.3 Å². The van der Waals surface area contributed by atoms with Crippen LogP contribution in [0.4, 0.5) is 0 Å². The highest BCUT2D eigenvalue weighted by molar-refractivity contribution is 4.46. The molecule has 74 valence electrons. The van der Waals surface area contributed by atoms with Crippen LogP contribution in [0.15, 0.2) is 0 Å². The Bertz CT molecular complexity index is 81.9. The van der Waals surface area contributed by atoms with Crippen molar-refractivity contribution in [1.82, 2.24) is 0 Å². The van der Waals surface area contributed by atoms with Crippen LogP contribution in [0.2, 0.25) is 0 Å². The van der Waals surface area contributed by atoms with Gasteiger partial charge < -0.3 is 9.47 Å². The van der Waals surface area contributed by atoms with Crippen LogP contribution < -0.4 is 0 Å². The van der Waals surface area contributed by atoms with Gasteiger partial charge in [0.1, 0.15) is 6.79 Å². The highest BCUT2D eigenvalue weighted by Gasteiger charge is 1.93. The second kappa shape index (κ2) is 9.01. The number of hydrogen-bond donors (Lipinski definition) is 0. The van der Waals surface area contributed by atoms with Crippen LogP contribution in [-0.2, 0) is 9.47 Å². The lowest BCUT2D eigenvalue weighted by molar-refractivity contribution is -0.0316. The minimum absolute atomic E-state index is 0.435. The molecule has 0 aromatic rings. The molecule has 0 saturated carbocycles. The molecule has 0 aromatic heterocycles.